The Morgan fingerprint density at radius 3 is 2.58 bits per heavy atom. The molecule has 0 aliphatic rings. The van der Waals surface area contributed by atoms with Crippen molar-refractivity contribution in [2.45, 2.75) is 12.8 Å². The molecule has 0 aliphatic carbocycles. The fourth-order valence-electron chi connectivity index (χ4n) is 1.34. The third kappa shape index (κ3) is 4.26. The molecule has 0 saturated heterocycles. The Hall–Kier alpha value is -2.64. The van der Waals surface area contributed by atoms with Crippen LogP contribution in [0.5, 0.6) is 5.75 Å². The van der Waals surface area contributed by atoms with E-state index in [0.717, 1.165) is 6.07 Å². The minimum atomic E-state index is -1.35. The van der Waals surface area contributed by atoms with Crippen LogP contribution < -0.4 is 15.2 Å². The number of aliphatic carboxylic acids is 1. The monoisotopic (exact) mass is 267 g/mol. The number of anilines is 1. The van der Waals surface area contributed by atoms with E-state index in [9.17, 15) is 24.8 Å². The molecule has 0 heterocycles. The van der Waals surface area contributed by atoms with E-state index in [2.05, 4.69) is 5.32 Å². The smallest absolute Gasteiger partial charge is 0.271 e. The molecule has 0 unspecified atom stereocenters. The van der Waals surface area contributed by atoms with Gasteiger partial charge in [0.15, 0.2) is 0 Å². The molecule has 0 radical (unpaired) electrons. The van der Waals surface area contributed by atoms with Crippen molar-refractivity contribution in [2.24, 2.45) is 0 Å². The molecule has 1 aromatic carbocycles. The van der Waals surface area contributed by atoms with Gasteiger partial charge in [0.2, 0.25) is 5.91 Å². The van der Waals surface area contributed by atoms with E-state index >= 15 is 0 Å². The summed E-state index contributed by atoms with van der Waals surface area (Å²) < 4.78 is 4.94. The maximum absolute atomic E-state index is 11.4. The summed E-state index contributed by atoms with van der Waals surface area (Å²) in [6.07, 6.45) is -0.711. The van der Waals surface area contributed by atoms with Crippen molar-refractivity contribution < 1.29 is 24.4 Å². The van der Waals surface area contributed by atoms with Crippen LogP contribution in [0, 0.1) is 10.1 Å². The molecular formula is C11H11N2O6-. The number of carbonyl (C=O) groups excluding carboxylic acids is 2. The van der Waals surface area contributed by atoms with Crippen molar-refractivity contribution in [1.29, 1.82) is 0 Å². The lowest BCUT2D eigenvalue weighted by atomic mass is 10.2. The molecule has 0 fully saturated rings. The molecule has 0 bridgehead atoms. The molecule has 1 rings (SSSR count). The number of carbonyl (C=O) groups is 2. The van der Waals surface area contributed by atoms with E-state index in [1.807, 2.05) is 0 Å². The third-order valence-electron chi connectivity index (χ3n) is 2.22. The first-order valence-corrected chi connectivity index (χ1v) is 5.26. The van der Waals surface area contributed by atoms with Gasteiger partial charge in [-0.3, -0.25) is 14.9 Å². The number of carboxylic acids is 1. The molecule has 19 heavy (non-hydrogen) atoms. The van der Waals surface area contributed by atoms with E-state index in [-0.39, 0.29) is 23.5 Å². The van der Waals surface area contributed by atoms with Crippen molar-refractivity contribution in [2.75, 3.05) is 12.4 Å². The number of benzene rings is 1. The van der Waals surface area contributed by atoms with Gasteiger partial charge in [-0.15, -0.1) is 0 Å². The number of hydrogen-bond donors (Lipinski definition) is 1. The van der Waals surface area contributed by atoms with E-state index in [0.29, 0.717) is 0 Å². The highest BCUT2D eigenvalue weighted by Gasteiger charge is 2.13. The zero-order valence-corrected chi connectivity index (χ0v) is 10.0. The van der Waals surface area contributed by atoms with Gasteiger partial charge in [-0.1, -0.05) is 0 Å². The Kier molecular flexibility index (Phi) is 4.81. The highest BCUT2D eigenvalue weighted by Crippen LogP contribution is 2.28. The Balaban J connectivity index is 2.85. The number of hydrogen-bond acceptors (Lipinski definition) is 6. The number of nitro groups is 1. The van der Waals surface area contributed by atoms with Gasteiger partial charge in [-0.05, 0) is 12.5 Å². The highest BCUT2D eigenvalue weighted by atomic mass is 16.6. The van der Waals surface area contributed by atoms with E-state index in [1.165, 1.54) is 19.2 Å². The molecule has 102 valence electrons. The molecule has 0 aromatic heterocycles. The predicted molar refractivity (Wildman–Crippen MR) is 62.5 cm³/mol. The van der Waals surface area contributed by atoms with E-state index < -0.39 is 23.2 Å². The number of carboxylic acid groups (broad SMARTS) is 1. The second kappa shape index (κ2) is 6.34. The van der Waals surface area contributed by atoms with Crippen LogP contribution in [0.1, 0.15) is 12.8 Å². The normalized spacial score (nSPS) is 9.74. The molecular weight excluding hydrogens is 256 g/mol. The summed E-state index contributed by atoms with van der Waals surface area (Å²) in [5, 5.41) is 23.2. The molecule has 0 aliphatic heterocycles. The molecule has 1 amide bonds. The van der Waals surface area contributed by atoms with Gasteiger partial charge in [0, 0.05) is 24.5 Å². The van der Waals surface area contributed by atoms with Crippen molar-refractivity contribution in [1.82, 2.24) is 0 Å². The largest absolute Gasteiger partial charge is 0.550 e. The lowest BCUT2D eigenvalue weighted by Gasteiger charge is -2.10. The van der Waals surface area contributed by atoms with Gasteiger partial charge in [0.1, 0.15) is 5.75 Å². The lowest BCUT2D eigenvalue weighted by molar-refractivity contribution is -0.384. The first-order chi connectivity index (χ1) is 8.93. The van der Waals surface area contributed by atoms with Crippen LogP contribution in [-0.2, 0) is 9.59 Å². The van der Waals surface area contributed by atoms with Crippen LogP contribution >= 0.6 is 0 Å². The SMILES string of the molecule is COc1ccc([N+](=O)[O-])cc1NC(=O)CCC(=O)[O-]. The molecule has 8 nitrogen and oxygen atoms in total. The summed E-state index contributed by atoms with van der Waals surface area (Å²) in [4.78, 5) is 31.7. The van der Waals surface area contributed by atoms with Gasteiger partial charge in [-0.2, -0.15) is 0 Å². The maximum Gasteiger partial charge on any atom is 0.271 e. The maximum atomic E-state index is 11.4. The predicted octanol–water partition coefficient (Wildman–Crippen LogP) is 0.0720. The van der Waals surface area contributed by atoms with Crippen LogP contribution in [-0.4, -0.2) is 23.9 Å². The average Bonchev–Trinajstić information content (AvgIpc) is 2.36. The summed E-state index contributed by atoms with van der Waals surface area (Å²) in [6, 6.07) is 3.71. The molecule has 0 spiro atoms. The van der Waals surface area contributed by atoms with Gasteiger partial charge in [0.25, 0.3) is 5.69 Å². The van der Waals surface area contributed by atoms with Crippen molar-refractivity contribution in [3.05, 3.63) is 28.3 Å². The van der Waals surface area contributed by atoms with Crippen LogP contribution in [0.4, 0.5) is 11.4 Å². The summed E-state index contributed by atoms with van der Waals surface area (Å²) >= 11 is 0. The van der Waals surface area contributed by atoms with Crippen LogP contribution in [0.25, 0.3) is 0 Å². The van der Waals surface area contributed by atoms with E-state index in [4.69, 9.17) is 4.74 Å². The fraction of sp³-hybridized carbons (Fsp3) is 0.273. The van der Waals surface area contributed by atoms with E-state index in [1.54, 1.807) is 0 Å². The zero-order valence-electron chi connectivity index (χ0n) is 10.0. The Morgan fingerprint density at radius 1 is 1.37 bits per heavy atom. The first-order valence-electron chi connectivity index (χ1n) is 5.26. The molecule has 0 atom stereocenters. The number of methoxy groups -OCH3 is 1. The Bertz CT molecular complexity index is 514. The average molecular weight is 267 g/mol. The summed E-state index contributed by atoms with van der Waals surface area (Å²) in [5.74, 6) is -1.70. The molecule has 1 aromatic rings. The molecule has 8 heteroatoms. The number of non-ortho nitro benzene ring substituents is 1. The minimum Gasteiger partial charge on any atom is -0.550 e. The number of ether oxygens (including phenoxy) is 1. The fourth-order valence-corrected chi connectivity index (χ4v) is 1.34. The summed E-state index contributed by atoms with van der Waals surface area (Å²) in [7, 11) is 1.35. The third-order valence-corrected chi connectivity index (χ3v) is 2.22. The van der Waals surface area contributed by atoms with Gasteiger partial charge < -0.3 is 20.0 Å². The number of amides is 1. The standard InChI is InChI=1S/C11H12N2O6/c1-19-9-3-2-7(13(17)18)6-8(9)12-10(14)4-5-11(15)16/h2-3,6H,4-5H2,1H3,(H,12,14)(H,15,16)/p-1. The van der Waals surface area contributed by atoms with Gasteiger partial charge >= 0.3 is 0 Å². The quantitative estimate of drug-likeness (QED) is 0.575. The van der Waals surface area contributed by atoms with Crippen molar-refractivity contribution in [3.63, 3.8) is 0 Å². The first kappa shape index (κ1) is 14.4. The Labute approximate surface area is 108 Å². The van der Waals surface area contributed by atoms with Crippen LogP contribution in [0.3, 0.4) is 0 Å². The summed E-state index contributed by atoms with van der Waals surface area (Å²) in [5.41, 5.74) is -0.101. The Morgan fingerprint density at radius 2 is 2.05 bits per heavy atom. The minimum absolute atomic E-state index is 0.111. The van der Waals surface area contributed by atoms with Crippen LogP contribution in [0.2, 0.25) is 0 Å². The lowest BCUT2D eigenvalue weighted by Crippen LogP contribution is -2.24. The highest BCUT2D eigenvalue weighted by molar-refractivity contribution is 5.94. The second-order valence-corrected chi connectivity index (χ2v) is 3.56. The summed E-state index contributed by atoms with van der Waals surface area (Å²) in [6.45, 7) is 0. The molecule has 0 saturated carbocycles. The van der Waals surface area contributed by atoms with Gasteiger partial charge in [0.05, 0.1) is 17.7 Å². The number of nitrogens with zero attached hydrogens (tertiary/aromatic N) is 1. The topological polar surface area (TPSA) is 122 Å². The number of nitrogens with one attached hydrogen (secondary N) is 1. The zero-order chi connectivity index (χ0) is 14.4. The number of nitro benzene ring substituents is 1. The van der Waals surface area contributed by atoms with Crippen molar-refractivity contribution >= 4 is 23.3 Å². The molecule has 1 N–H and O–H groups in total. The number of rotatable bonds is 6. The second-order valence-electron chi connectivity index (χ2n) is 3.56. The van der Waals surface area contributed by atoms with Crippen LogP contribution in [0.15, 0.2) is 18.2 Å². The van der Waals surface area contributed by atoms with Gasteiger partial charge in [-0.25, -0.2) is 0 Å². The van der Waals surface area contributed by atoms with Crippen molar-refractivity contribution in [3.8, 4) is 5.75 Å².